The number of nitrogens with one attached hydrogen (secondary N) is 1. The zero-order valence-corrected chi connectivity index (χ0v) is 9.87. The monoisotopic (exact) mass is 219 g/mol. The van der Waals surface area contributed by atoms with Crippen LogP contribution in [0.4, 0.5) is 5.69 Å². The Kier molecular flexibility index (Phi) is 2.59. The third-order valence-electron chi connectivity index (χ3n) is 2.49. The second-order valence-corrected chi connectivity index (χ2v) is 4.63. The van der Waals surface area contributed by atoms with Gasteiger partial charge in [0.15, 0.2) is 11.5 Å². The summed E-state index contributed by atoms with van der Waals surface area (Å²) in [4.78, 5) is 4.29. The smallest absolute Gasteiger partial charge is 0.192 e. The van der Waals surface area contributed by atoms with Crippen LogP contribution < -0.4 is 11.1 Å². The lowest BCUT2D eigenvalue weighted by Crippen LogP contribution is -2.39. The molecule has 16 heavy (non-hydrogen) atoms. The molecule has 1 aromatic heterocycles. The van der Waals surface area contributed by atoms with E-state index in [2.05, 4.69) is 24.1 Å². The Morgan fingerprint density at radius 2 is 2.19 bits per heavy atom. The summed E-state index contributed by atoms with van der Waals surface area (Å²) in [5, 5.41) is 3.36. The summed E-state index contributed by atoms with van der Waals surface area (Å²) in [6.45, 7) is 6.54. The number of rotatable bonds is 3. The predicted molar refractivity (Wildman–Crippen MR) is 65.5 cm³/mol. The Labute approximate surface area is 94.8 Å². The highest BCUT2D eigenvalue weighted by atomic mass is 16.3. The van der Waals surface area contributed by atoms with E-state index >= 15 is 0 Å². The summed E-state index contributed by atoms with van der Waals surface area (Å²) in [6, 6.07) is 5.87. The van der Waals surface area contributed by atoms with Crippen molar-refractivity contribution < 1.29 is 4.42 Å². The van der Waals surface area contributed by atoms with Crippen molar-refractivity contribution in [1.29, 1.82) is 0 Å². The molecule has 0 bridgehead atoms. The highest BCUT2D eigenvalue weighted by molar-refractivity contribution is 5.77. The van der Waals surface area contributed by atoms with E-state index in [9.17, 15) is 0 Å². The fraction of sp³-hybridized carbons (Fsp3) is 0.417. The van der Waals surface area contributed by atoms with Crippen molar-refractivity contribution >= 4 is 16.8 Å². The summed E-state index contributed by atoms with van der Waals surface area (Å²) in [6.07, 6.45) is 0. The fourth-order valence-corrected chi connectivity index (χ4v) is 1.56. The van der Waals surface area contributed by atoms with Crippen molar-refractivity contribution in [1.82, 2.24) is 4.98 Å². The van der Waals surface area contributed by atoms with Crippen LogP contribution in [0.3, 0.4) is 0 Å². The first-order valence-corrected chi connectivity index (χ1v) is 5.36. The second-order valence-electron chi connectivity index (χ2n) is 4.63. The van der Waals surface area contributed by atoms with Gasteiger partial charge in [0.1, 0.15) is 5.52 Å². The molecule has 0 unspecified atom stereocenters. The van der Waals surface area contributed by atoms with Crippen molar-refractivity contribution in [2.75, 3.05) is 11.9 Å². The molecule has 0 radical (unpaired) electrons. The number of hydrogen-bond acceptors (Lipinski definition) is 4. The van der Waals surface area contributed by atoms with Crippen LogP contribution in [-0.2, 0) is 0 Å². The average Bonchev–Trinajstić information content (AvgIpc) is 2.57. The Hall–Kier alpha value is -1.55. The van der Waals surface area contributed by atoms with Gasteiger partial charge in [-0.05, 0) is 32.0 Å². The SMILES string of the molecule is Cc1nc2cc(NC(C)(C)CN)ccc2o1. The summed E-state index contributed by atoms with van der Waals surface area (Å²) in [5.41, 5.74) is 8.25. The molecule has 1 heterocycles. The van der Waals surface area contributed by atoms with Gasteiger partial charge in [-0.3, -0.25) is 0 Å². The number of anilines is 1. The molecule has 0 saturated heterocycles. The molecule has 0 aliphatic heterocycles. The van der Waals surface area contributed by atoms with Gasteiger partial charge in [-0.2, -0.15) is 0 Å². The van der Waals surface area contributed by atoms with Crippen LogP contribution in [0.2, 0.25) is 0 Å². The number of fused-ring (bicyclic) bond motifs is 1. The maximum Gasteiger partial charge on any atom is 0.192 e. The fourth-order valence-electron chi connectivity index (χ4n) is 1.56. The van der Waals surface area contributed by atoms with E-state index < -0.39 is 0 Å². The molecule has 0 saturated carbocycles. The largest absolute Gasteiger partial charge is 0.441 e. The predicted octanol–water partition coefficient (Wildman–Crippen LogP) is 2.29. The number of nitrogens with two attached hydrogens (primary N) is 1. The maximum atomic E-state index is 5.67. The summed E-state index contributed by atoms with van der Waals surface area (Å²) in [5.74, 6) is 0.685. The molecule has 1 aromatic carbocycles. The summed E-state index contributed by atoms with van der Waals surface area (Å²) < 4.78 is 5.42. The Morgan fingerprint density at radius 1 is 1.44 bits per heavy atom. The molecule has 0 aliphatic rings. The van der Waals surface area contributed by atoms with Crippen molar-refractivity contribution in [3.05, 3.63) is 24.1 Å². The maximum absolute atomic E-state index is 5.67. The van der Waals surface area contributed by atoms with Gasteiger partial charge >= 0.3 is 0 Å². The minimum absolute atomic E-state index is 0.119. The standard InChI is InChI=1S/C12H17N3O/c1-8-14-10-6-9(4-5-11(10)16-8)15-12(2,3)7-13/h4-6,15H,7,13H2,1-3H3. The second kappa shape index (κ2) is 3.79. The highest BCUT2D eigenvalue weighted by Gasteiger charge is 2.15. The van der Waals surface area contributed by atoms with Crippen LogP contribution in [0.15, 0.2) is 22.6 Å². The lowest BCUT2D eigenvalue weighted by atomic mass is 10.1. The Balaban J connectivity index is 2.32. The van der Waals surface area contributed by atoms with Crippen LogP contribution in [-0.4, -0.2) is 17.1 Å². The molecule has 0 spiro atoms. The molecule has 2 aromatic rings. The van der Waals surface area contributed by atoms with Crippen LogP contribution in [0.5, 0.6) is 0 Å². The van der Waals surface area contributed by atoms with Crippen molar-refractivity contribution in [2.45, 2.75) is 26.3 Å². The van der Waals surface area contributed by atoms with Gasteiger partial charge < -0.3 is 15.5 Å². The number of benzene rings is 1. The Morgan fingerprint density at radius 3 is 2.88 bits per heavy atom. The van der Waals surface area contributed by atoms with Gasteiger partial charge in [0.05, 0.1) is 0 Å². The zero-order chi connectivity index (χ0) is 11.8. The van der Waals surface area contributed by atoms with Gasteiger partial charge in [-0.15, -0.1) is 0 Å². The lowest BCUT2D eigenvalue weighted by Gasteiger charge is -2.25. The molecule has 4 heteroatoms. The summed E-state index contributed by atoms with van der Waals surface area (Å²) >= 11 is 0. The van der Waals surface area contributed by atoms with Gasteiger partial charge in [0, 0.05) is 24.7 Å². The number of nitrogens with zero attached hydrogens (tertiary/aromatic N) is 1. The van der Waals surface area contributed by atoms with Crippen molar-refractivity contribution in [2.24, 2.45) is 5.73 Å². The zero-order valence-electron chi connectivity index (χ0n) is 9.87. The average molecular weight is 219 g/mol. The molecular formula is C12H17N3O. The molecule has 86 valence electrons. The minimum atomic E-state index is -0.119. The minimum Gasteiger partial charge on any atom is -0.441 e. The molecule has 0 fully saturated rings. The number of hydrogen-bond donors (Lipinski definition) is 2. The summed E-state index contributed by atoms with van der Waals surface area (Å²) in [7, 11) is 0. The van der Waals surface area contributed by atoms with E-state index in [-0.39, 0.29) is 5.54 Å². The van der Waals surface area contributed by atoms with Gasteiger partial charge in [-0.25, -0.2) is 4.98 Å². The first-order chi connectivity index (χ1) is 7.50. The van der Waals surface area contributed by atoms with Crippen LogP contribution >= 0.6 is 0 Å². The molecular weight excluding hydrogens is 202 g/mol. The molecule has 2 rings (SSSR count). The number of oxazole rings is 1. The molecule has 3 N–H and O–H groups in total. The Bertz CT molecular complexity index is 502. The van der Waals surface area contributed by atoms with Gasteiger partial charge in [0.25, 0.3) is 0 Å². The molecule has 4 nitrogen and oxygen atoms in total. The quantitative estimate of drug-likeness (QED) is 0.831. The van der Waals surface area contributed by atoms with Gasteiger partial charge in [0.2, 0.25) is 0 Å². The van der Waals surface area contributed by atoms with Crippen LogP contribution in [0.1, 0.15) is 19.7 Å². The highest BCUT2D eigenvalue weighted by Crippen LogP contribution is 2.21. The van der Waals surface area contributed by atoms with E-state index in [1.54, 1.807) is 0 Å². The first-order valence-electron chi connectivity index (χ1n) is 5.36. The molecule has 0 amide bonds. The lowest BCUT2D eigenvalue weighted by molar-refractivity contribution is 0.561. The number of aryl methyl sites for hydroxylation is 1. The van der Waals surface area contributed by atoms with Crippen LogP contribution in [0, 0.1) is 6.92 Å². The van der Waals surface area contributed by atoms with Gasteiger partial charge in [-0.1, -0.05) is 0 Å². The van der Waals surface area contributed by atoms with E-state index in [4.69, 9.17) is 10.2 Å². The van der Waals surface area contributed by atoms with E-state index in [1.807, 2.05) is 25.1 Å². The van der Waals surface area contributed by atoms with Crippen molar-refractivity contribution in [3.63, 3.8) is 0 Å². The molecule has 0 aliphatic carbocycles. The van der Waals surface area contributed by atoms with E-state index in [1.165, 1.54) is 0 Å². The third kappa shape index (κ3) is 2.17. The first kappa shape index (κ1) is 11.0. The third-order valence-corrected chi connectivity index (χ3v) is 2.49. The van der Waals surface area contributed by atoms with E-state index in [0.29, 0.717) is 12.4 Å². The topological polar surface area (TPSA) is 64.1 Å². The van der Waals surface area contributed by atoms with Crippen molar-refractivity contribution in [3.8, 4) is 0 Å². The number of aromatic nitrogens is 1. The van der Waals surface area contributed by atoms with E-state index in [0.717, 1.165) is 16.8 Å². The van der Waals surface area contributed by atoms with Crippen LogP contribution in [0.25, 0.3) is 11.1 Å². The molecule has 0 atom stereocenters. The normalized spacial score (nSPS) is 12.0.